The van der Waals surface area contributed by atoms with Gasteiger partial charge < -0.3 is 4.90 Å². The number of carbonyl (C=O) groups excluding carboxylic acids is 1. The first-order valence-electron chi connectivity index (χ1n) is 9.56. The molecule has 2 aliphatic heterocycles. The van der Waals surface area contributed by atoms with Crippen LogP contribution in [0.15, 0.2) is 29.2 Å². The Balaban J connectivity index is 1.70. The fourth-order valence-corrected chi connectivity index (χ4v) is 5.74. The fourth-order valence-electron chi connectivity index (χ4n) is 4.06. The van der Waals surface area contributed by atoms with Gasteiger partial charge in [0.25, 0.3) is 0 Å². The number of halogens is 3. The van der Waals surface area contributed by atoms with Crippen LogP contribution in [0.25, 0.3) is 0 Å². The summed E-state index contributed by atoms with van der Waals surface area (Å²) in [6.07, 6.45) is -2.02. The van der Waals surface area contributed by atoms with E-state index >= 15 is 0 Å². The van der Waals surface area contributed by atoms with Crippen molar-refractivity contribution < 1.29 is 26.4 Å². The van der Waals surface area contributed by atoms with Crippen molar-refractivity contribution >= 4 is 15.9 Å². The lowest BCUT2D eigenvalue weighted by atomic mass is 9.93. The van der Waals surface area contributed by atoms with E-state index in [4.69, 9.17) is 0 Å². The summed E-state index contributed by atoms with van der Waals surface area (Å²) in [5.41, 5.74) is -1.16. The number of sulfonamides is 1. The third-order valence-corrected chi connectivity index (χ3v) is 7.54. The SMILES string of the molecule is CC1CCCN(C(=O)C2CCN(S(=O)(=O)c3ccccc3C(F)(F)F)CC2)C1. The number of carbonyl (C=O) groups is 1. The monoisotopic (exact) mass is 418 g/mol. The highest BCUT2D eigenvalue weighted by atomic mass is 32.2. The van der Waals surface area contributed by atoms with Crippen LogP contribution in [-0.2, 0) is 21.0 Å². The van der Waals surface area contributed by atoms with Crippen LogP contribution in [0.1, 0.15) is 38.2 Å². The predicted molar refractivity (Wildman–Crippen MR) is 97.9 cm³/mol. The number of piperidine rings is 2. The van der Waals surface area contributed by atoms with E-state index < -0.39 is 26.7 Å². The van der Waals surface area contributed by atoms with Crippen LogP contribution in [0.2, 0.25) is 0 Å². The van der Waals surface area contributed by atoms with Gasteiger partial charge in [-0.1, -0.05) is 19.1 Å². The number of benzene rings is 1. The quantitative estimate of drug-likeness (QED) is 0.756. The highest BCUT2D eigenvalue weighted by Gasteiger charge is 2.40. The zero-order valence-corrected chi connectivity index (χ0v) is 16.6. The van der Waals surface area contributed by atoms with Crippen LogP contribution in [0.4, 0.5) is 13.2 Å². The van der Waals surface area contributed by atoms with Gasteiger partial charge in [-0.05, 0) is 43.7 Å². The Morgan fingerprint density at radius 1 is 1.07 bits per heavy atom. The number of nitrogens with zero attached hydrogens (tertiary/aromatic N) is 2. The number of hydrogen-bond donors (Lipinski definition) is 0. The molecule has 2 heterocycles. The van der Waals surface area contributed by atoms with Gasteiger partial charge in [0.2, 0.25) is 15.9 Å². The zero-order chi connectivity index (χ0) is 20.5. The Hall–Kier alpha value is -1.61. The van der Waals surface area contributed by atoms with Crippen molar-refractivity contribution in [2.24, 2.45) is 11.8 Å². The maximum absolute atomic E-state index is 13.2. The fraction of sp³-hybridized carbons (Fsp3) is 0.632. The van der Waals surface area contributed by atoms with E-state index in [0.717, 1.165) is 42.4 Å². The molecule has 1 aromatic carbocycles. The maximum atomic E-state index is 13.2. The van der Waals surface area contributed by atoms with Crippen molar-refractivity contribution in [3.05, 3.63) is 29.8 Å². The van der Waals surface area contributed by atoms with Gasteiger partial charge in [-0.2, -0.15) is 17.5 Å². The zero-order valence-electron chi connectivity index (χ0n) is 15.8. The average Bonchev–Trinajstić information content (AvgIpc) is 2.67. The number of alkyl halides is 3. The van der Waals surface area contributed by atoms with Gasteiger partial charge in [0.1, 0.15) is 0 Å². The summed E-state index contributed by atoms with van der Waals surface area (Å²) < 4.78 is 66.3. The van der Waals surface area contributed by atoms with Gasteiger partial charge >= 0.3 is 6.18 Å². The van der Waals surface area contributed by atoms with Gasteiger partial charge in [-0.15, -0.1) is 0 Å². The Kier molecular flexibility index (Phi) is 6.05. The van der Waals surface area contributed by atoms with Gasteiger partial charge in [0, 0.05) is 32.1 Å². The van der Waals surface area contributed by atoms with Crippen LogP contribution < -0.4 is 0 Å². The molecule has 156 valence electrons. The largest absolute Gasteiger partial charge is 0.417 e. The van der Waals surface area contributed by atoms with E-state index in [1.165, 1.54) is 12.1 Å². The molecule has 2 fully saturated rings. The summed E-state index contributed by atoms with van der Waals surface area (Å²) in [5, 5.41) is 0. The van der Waals surface area contributed by atoms with E-state index in [2.05, 4.69) is 6.92 Å². The molecule has 1 aromatic rings. The Morgan fingerprint density at radius 3 is 2.32 bits per heavy atom. The molecule has 0 aliphatic carbocycles. The van der Waals surface area contributed by atoms with Crippen molar-refractivity contribution in [1.82, 2.24) is 9.21 Å². The molecule has 0 N–H and O–H groups in total. The standard InChI is InChI=1S/C19H25F3N2O3S/c1-14-5-4-10-23(13-14)18(25)15-8-11-24(12-9-15)28(26,27)17-7-3-2-6-16(17)19(20,21)22/h2-3,6-7,14-15H,4-5,8-13H2,1H3. The Morgan fingerprint density at radius 2 is 1.71 bits per heavy atom. The van der Waals surface area contributed by atoms with Crippen molar-refractivity contribution in [2.45, 2.75) is 43.7 Å². The van der Waals surface area contributed by atoms with Gasteiger partial charge in [-0.25, -0.2) is 8.42 Å². The van der Waals surface area contributed by atoms with Gasteiger partial charge in [-0.3, -0.25) is 4.79 Å². The van der Waals surface area contributed by atoms with Crippen LogP contribution in [0.5, 0.6) is 0 Å². The van der Waals surface area contributed by atoms with Crippen LogP contribution in [-0.4, -0.2) is 49.7 Å². The van der Waals surface area contributed by atoms with Crippen LogP contribution in [0, 0.1) is 11.8 Å². The number of hydrogen-bond acceptors (Lipinski definition) is 3. The minimum absolute atomic E-state index is 0.0410. The lowest BCUT2D eigenvalue weighted by molar-refractivity contribution is -0.140. The van der Waals surface area contributed by atoms with Crippen molar-refractivity contribution in [3.63, 3.8) is 0 Å². The van der Waals surface area contributed by atoms with E-state index in [-0.39, 0.29) is 24.9 Å². The smallest absolute Gasteiger partial charge is 0.342 e. The first-order chi connectivity index (χ1) is 13.1. The van der Waals surface area contributed by atoms with Crippen LogP contribution >= 0.6 is 0 Å². The second-order valence-corrected chi connectivity index (χ2v) is 9.61. The predicted octanol–water partition coefficient (Wildman–Crippen LogP) is 3.36. The molecule has 1 unspecified atom stereocenters. The minimum atomic E-state index is -4.75. The molecule has 0 radical (unpaired) electrons. The molecule has 9 heteroatoms. The molecule has 2 aliphatic rings. The molecule has 3 rings (SSSR count). The van der Waals surface area contributed by atoms with E-state index in [1.807, 2.05) is 4.90 Å². The molecule has 28 heavy (non-hydrogen) atoms. The second kappa shape index (κ2) is 8.02. The first kappa shape index (κ1) is 21.1. The van der Waals surface area contributed by atoms with E-state index in [0.29, 0.717) is 18.8 Å². The number of likely N-dealkylation sites (tertiary alicyclic amines) is 1. The average molecular weight is 418 g/mol. The summed E-state index contributed by atoms with van der Waals surface area (Å²) in [6.45, 7) is 3.65. The van der Waals surface area contributed by atoms with Crippen molar-refractivity contribution in [1.29, 1.82) is 0 Å². The summed E-state index contributed by atoms with van der Waals surface area (Å²) in [7, 11) is -4.27. The first-order valence-corrected chi connectivity index (χ1v) is 11.0. The van der Waals surface area contributed by atoms with Crippen LogP contribution in [0.3, 0.4) is 0 Å². The Bertz CT molecular complexity index is 818. The van der Waals surface area contributed by atoms with Gasteiger partial charge in [0.15, 0.2) is 0 Å². The van der Waals surface area contributed by atoms with E-state index in [9.17, 15) is 26.4 Å². The molecule has 0 spiro atoms. The molecular weight excluding hydrogens is 393 g/mol. The molecule has 0 saturated carbocycles. The molecule has 1 amide bonds. The molecule has 2 saturated heterocycles. The third-order valence-electron chi connectivity index (χ3n) is 5.58. The molecule has 5 nitrogen and oxygen atoms in total. The third kappa shape index (κ3) is 4.35. The summed E-state index contributed by atoms with van der Waals surface area (Å²) in [5.74, 6) is 0.228. The molecule has 0 aromatic heterocycles. The topological polar surface area (TPSA) is 57.7 Å². The highest BCUT2D eigenvalue weighted by molar-refractivity contribution is 7.89. The molecule has 0 bridgehead atoms. The lowest BCUT2D eigenvalue weighted by Gasteiger charge is -2.36. The van der Waals surface area contributed by atoms with E-state index in [1.54, 1.807) is 0 Å². The molecule has 1 atom stereocenters. The summed E-state index contributed by atoms with van der Waals surface area (Å²) >= 11 is 0. The normalized spacial score (nSPS) is 23.0. The minimum Gasteiger partial charge on any atom is -0.342 e. The number of rotatable bonds is 3. The maximum Gasteiger partial charge on any atom is 0.417 e. The summed E-state index contributed by atoms with van der Waals surface area (Å²) in [6, 6.07) is 4.23. The summed E-state index contributed by atoms with van der Waals surface area (Å²) in [4.78, 5) is 13.8. The Labute approximate surface area is 163 Å². The van der Waals surface area contributed by atoms with Crippen molar-refractivity contribution in [3.8, 4) is 0 Å². The number of amides is 1. The van der Waals surface area contributed by atoms with Gasteiger partial charge in [0.05, 0.1) is 10.5 Å². The lowest BCUT2D eigenvalue weighted by Crippen LogP contribution is -2.47. The highest BCUT2D eigenvalue weighted by Crippen LogP contribution is 2.36. The second-order valence-electron chi connectivity index (χ2n) is 7.70. The van der Waals surface area contributed by atoms with Crippen molar-refractivity contribution in [2.75, 3.05) is 26.2 Å². The molecular formula is C19H25F3N2O3S.